The summed E-state index contributed by atoms with van der Waals surface area (Å²) in [7, 11) is 0. The molecule has 3 heteroatoms. The Labute approximate surface area is 121 Å². The van der Waals surface area contributed by atoms with Crippen molar-refractivity contribution in [2.45, 2.75) is 44.7 Å². The maximum Gasteiger partial charge on any atom is 0.0454 e. The number of nitrogens with one attached hydrogen (secondary N) is 1. The van der Waals surface area contributed by atoms with Gasteiger partial charge in [0.15, 0.2) is 0 Å². The largest absolute Gasteiger partial charge is 0.310 e. The van der Waals surface area contributed by atoms with Gasteiger partial charge in [0.05, 0.1) is 0 Å². The van der Waals surface area contributed by atoms with Crippen molar-refractivity contribution in [2.75, 3.05) is 19.6 Å². The van der Waals surface area contributed by atoms with Gasteiger partial charge >= 0.3 is 0 Å². The lowest BCUT2D eigenvalue weighted by Crippen LogP contribution is -2.29. The average Bonchev–Trinajstić information content (AvgIpc) is 2.96. The van der Waals surface area contributed by atoms with E-state index in [9.17, 15) is 0 Å². The Balaban J connectivity index is 1.68. The fourth-order valence-electron chi connectivity index (χ4n) is 3.24. The Hall–Kier alpha value is -0.570. The van der Waals surface area contributed by atoms with Gasteiger partial charge < -0.3 is 5.32 Å². The fraction of sp³-hybridized carbons (Fsp3) is 0.625. The normalized spacial score (nSPS) is 24.8. The third kappa shape index (κ3) is 3.31. The second-order valence-electron chi connectivity index (χ2n) is 5.84. The van der Waals surface area contributed by atoms with E-state index >= 15 is 0 Å². The zero-order valence-corrected chi connectivity index (χ0v) is 12.3. The quantitative estimate of drug-likeness (QED) is 0.906. The fourth-order valence-corrected chi connectivity index (χ4v) is 3.48. The molecular weight excluding hydrogens is 256 g/mol. The van der Waals surface area contributed by atoms with E-state index in [1.165, 1.54) is 56.3 Å². The minimum atomic E-state index is 0.515. The molecule has 0 aliphatic carbocycles. The highest BCUT2D eigenvalue weighted by molar-refractivity contribution is 6.31. The molecule has 0 amide bonds. The van der Waals surface area contributed by atoms with Crippen molar-refractivity contribution in [1.82, 2.24) is 10.2 Å². The predicted octanol–water partition coefficient (Wildman–Crippen LogP) is 3.75. The maximum atomic E-state index is 6.47. The molecule has 0 saturated carbocycles. The van der Waals surface area contributed by atoms with Crippen molar-refractivity contribution in [3.63, 3.8) is 0 Å². The van der Waals surface area contributed by atoms with Crippen LogP contribution in [0.5, 0.6) is 0 Å². The number of likely N-dealkylation sites (tertiary alicyclic amines) is 1. The molecule has 0 bridgehead atoms. The molecule has 19 heavy (non-hydrogen) atoms. The molecule has 0 aromatic heterocycles. The van der Waals surface area contributed by atoms with Crippen LogP contribution in [-0.4, -0.2) is 24.5 Å². The Kier molecular flexibility index (Phi) is 4.42. The van der Waals surface area contributed by atoms with E-state index in [4.69, 9.17) is 11.6 Å². The Morgan fingerprint density at radius 3 is 2.68 bits per heavy atom. The van der Waals surface area contributed by atoms with Gasteiger partial charge in [0.2, 0.25) is 0 Å². The highest BCUT2D eigenvalue weighted by Crippen LogP contribution is 2.28. The highest BCUT2D eigenvalue weighted by atomic mass is 35.5. The van der Waals surface area contributed by atoms with E-state index in [2.05, 4.69) is 28.4 Å². The standard InChI is InChI=1S/C16H23ClN2/c17-15-11-13(16-5-4-8-18-16)6-7-14(15)12-19-9-2-1-3-10-19/h6-7,11,16,18H,1-5,8-10,12H2. The third-order valence-electron chi connectivity index (χ3n) is 4.38. The first-order valence-corrected chi connectivity index (χ1v) is 7.95. The summed E-state index contributed by atoms with van der Waals surface area (Å²) in [6, 6.07) is 7.17. The molecule has 1 aromatic carbocycles. The van der Waals surface area contributed by atoms with Crippen molar-refractivity contribution < 1.29 is 0 Å². The summed E-state index contributed by atoms with van der Waals surface area (Å²) in [5, 5.41) is 4.47. The predicted molar refractivity (Wildman–Crippen MR) is 80.6 cm³/mol. The van der Waals surface area contributed by atoms with Crippen LogP contribution in [0, 0.1) is 0 Å². The van der Waals surface area contributed by atoms with Crippen molar-refractivity contribution >= 4 is 11.6 Å². The average molecular weight is 279 g/mol. The third-order valence-corrected chi connectivity index (χ3v) is 4.73. The van der Waals surface area contributed by atoms with Gasteiger partial charge in [-0.3, -0.25) is 4.90 Å². The van der Waals surface area contributed by atoms with Crippen molar-refractivity contribution in [2.24, 2.45) is 0 Å². The summed E-state index contributed by atoms with van der Waals surface area (Å²) in [4.78, 5) is 2.53. The molecule has 2 heterocycles. The van der Waals surface area contributed by atoms with Crippen LogP contribution in [0.1, 0.15) is 49.3 Å². The monoisotopic (exact) mass is 278 g/mol. The molecule has 104 valence electrons. The van der Waals surface area contributed by atoms with Gasteiger partial charge in [0.1, 0.15) is 0 Å². The van der Waals surface area contributed by atoms with Crippen molar-refractivity contribution in [3.8, 4) is 0 Å². The van der Waals surface area contributed by atoms with Gasteiger partial charge in [-0.2, -0.15) is 0 Å². The molecule has 3 rings (SSSR count). The van der Waals surface area contributed by atoms with Gasteiger partial charge in [0.25, 0.3) is 0 Å². The number of hydrogen-bond donors (Lipinski definition) is 1. The van der Waals surface area contributed by atoms with Crippen LogP contribution in [0.2, 0.25) is 5.02 Å². The Morgan fingerprint density at radius 2 is 2.00 bits per heavy atom. The summed E-state index contributed by atoms with van der Waals surface area (Å²) in [6.07, 6.45) is 6.57. The summed E-state index contributed by atoms with van der Waals surface area (Å²) in [6.45, 7) is 4.60. The lowest BCUT2D eigenvalue weighted by atomic mass is 10.0. The van der Waals surface area contributed by atoms with Crippen LogP contribution in [0.4, 0.5) is 0 Å². The number of rotatable bonds is 3. The molecule has 2 aliphatic rings. The molecule has 0 spiro atoms. The molecule has 1 atom stereocenters. The Bertz CT molecular complexity index is 421. The molecule has 2 fully saturated rings. The SMILES string of the molecule is Clc1cc(C2CCCN2)ccc1CN1CCCCC1. The second-order valence-corrected chi connectivity index (χ2v) is 6.24. The molecule has 1 N–H and O–H groups in total. The second kappa shape index (κ2) is 6.25. The number of hydrogen-bond acceptors (Lipinski definition) is 2. The number of halogens is 1. The van der Waals surface area contributed by atoms with Gasteiger partial charge in [0, 0.05) is 17.6 Å². The summed E-state index contributed by atoms with van der Waals surface area (Å²) >= 11 is 6.47. The zero-order valence-electron chi connectivity index (χ0n) is 11.5. The molecule has 1 aromatic rings. The lowest BCUT2D eigenvalue weighted by molar-refractivity contribution is 0.221. The molecule has 2 saturated heterocycles. The highest BCUT2D eigenvalue weighted by Gasteiger charge is 2.18. The van der Waals surface area contributed by atoms with Crippen molar-refractivity contribution in [3.05, 3.63) is 34.3 Å². The summed E-state index contributed by atoms with van der Waals surface area (Å²) < 4.78 is 0. The lowest BCUT2D eigenvalue weighted by Gasteiger charge is -2.27. The zero-order chi connectivity index (χ0) is 13.1. The van der Waals surface area contributed by atoms with Crippen LogP contribution in [-0.2, 0) is 6.54 Å². The van der Waals surface area contributed by atoms with Crippen LogP contribution >= 0.6 is 11.6 Å². The number of benzene rings is 1. The number of piperidine rings is 1. The van der Waals surface area contributed by atoms with Gasteiger partial charge in [-0.25, -0.2) is 0 Å². The van der Waals surface area contributed by atoms with Gasteiger partial charge in [-0.1, -0.05) is 30.2 Å². The summed E-state index contributed by atoms with van der Waals surface area (Å²) in [5.41, 5.74) is 2.63. The van der Waals surface area contributed by atoms with Crippen LogP contribution in [0.3, 0.4) is 0 Å². The van der Waals surface area contributed by atoms with E-state index < -0.39 is 0 Å². The van der Waals surface area contributed by atoms with Gasteiger partial charge in [-0.05, 0) is 62.5 Å². The number of nitrogens with zero attached hydrogens (tertiary/aromatic N) is 1. The minimum Gasteiger partial charge on any atom is -0.310 e. The van der Waals surface area contributed by atoms with Gasteiger partial charge in [-0.15, -0.1) is 0 Å². The van der Waals surface area contributed by atoms with E-state index in [0.717, 1.165) is 18.1 Å². The van der Waals surface area contributed by atoms with E-state index in [0.29, 0.717) is 6.04 Å². The summed E-state index contributed by atoms with van der Waals surface area (Å²) in [5.74, 6) is 0. The topological polar surface area (TPSA) is 15.3 Å². The molecular formula is C16H23ClN2. The van der Waals surface area contributed by atoms with Crippen LogP contribution in [0.15, 0.2) is 18.2 Å². The first kappa shape index (κ1) is 13.4. The van der Waals surface area contributed by atoms with E-state index in [1.807, 2.05) is 0 Å². The van der Waals surface area contributed by atoms with E-state index in [-0.39, 0.29) is 0 Å². The smallest absolute Gasteiger partial charge is 0.0454 e. The molecule has 2 aliphatic heterocycles. The minimum absolute atomic E-state index is 0.515. The first-order chi connectivity index (χ1) is 9.33. The van der Waals surface area contributed by atoms with Crippen LogP contribution < -0.4 is 5.32 Å². The van der Waals surface area contributed by atoms with Crippen molar-refractivity contribution in [1.29, 1.82) is 0 Å². The van der Waals surface area contributed by atoms with E-state index in [1.54, 1.807) is 0 Å². The molecule has 2 nitrogen and oxygen atoms in total. The maximum absolute atomic E-state index is 6.47. The van der Waals surface area contributed by atoms with Crippen LogP contribution in [0.25, 0.3) is 0 Å². The molecule has 1 unspecified atom stereocenters. The first-order valence-electron chi connectivity index (χ1n) is 7.57. The molecule has 0 radical (unpaired) electrons. The Morgan fingerprint density at radius 1 is 1.16 bits per heavy atom.